The first-order valence-corrected chi connectivity index (χ1v) is 7.23. The zero-order valence-corrected chi connectivity index (χ0v) is 12.0. The van der Waals surface area contributed by atoms with Crippen LogP contribution in [-0.4, -0.2) is 4.57 Å². The van der Waals surface area contributed by atoms with E-state index in [0.29, 0.717) is 12.1 Å². The van der Waals surface area contributed by atoms with Crippen molar-refractivity contribution in [2.75, 3.05) is 0 Å². The van der Waals surface area contributed by atoms with Crippen LogP contribution in [0.15, 0.2) is 35.1 Å². The Labute approximate surface area is 127 Å². The predicted octanol–water partition coefficient (Wildman–Crippen LogP) is 3.23. The number of halogens is 2. The molecule has 2 aromatic rings. The number of aromatic nitrogens is 1. The summed E-state index contributed by atoms with van der Waals surface area (Å²) in [6, 6.07) is 6.82. The average molecular weight is 299 g/mol. The van der Waals surface area contributed by atoms with Crippen molar-refractivity contribution >= 4 is 0 Å². The second-order valence-electron chi connectivity index (χ2n) is 5.47. The van der Waals surface area contributed by atoms with E-state index in [4.69, 9.17) is 6.42 Å². The summed E-state index contributed by atoms with van der Waals surface area (Å²) in [5.41, 5.74) is 1.38. The van der Waals surface area contributed by atoms with E-state index in [9.17, 15) is 13.6 Å². The quantitative estimate of drug-likeness (QED) is 0.798. The highest BCUT2D eigenvalue weighted by molar-refractivity contribution is 5.35. The van der Waals surface area contributed by atoms with Crippen LogP contribution in [-0.2, 0) is 13.0 Å². The lowest BCUT2D eigenvalue weighted by Gasteiger charge is -2.17. The third-order valence-corrected chi connectivity index (χ3v) is 4.14. The molecule has 22 heavy (non-hydrogen) atoms. The van der Waals surface area contributed by atoms with Crippen molar-refractivity contribution in [1.29, 1.82) is 0 Å². The van der Waals surface area contributed by atoms with Gasteiger partial charge in [0.1, 0.15) is 11.6 Å². The fourth-order valence-electron chi connectivity index (χ4n) is 3.07. The molecule has 1 aliphatic rings. The van der Waals surface area contributed by atoms with Gasteiger partial charge in [0.15, 0.2) is 0 Å². The summed E-state index contributed by atoms with van der Waals surface area (Å²) in [5, 5.41) is 0. The first-order chi connectivity index (χ1) is 10.6. The second-order valence-corrected chi connectivity index (χ2v) is 5.47. The van der Waals surface area contributed by atoms with E-state index in [1.807, 2.05) is 6.07 Å². The third-order valence-electron chi connectivity index (χ3n) is 4.14. The molecule has 0 spiro atoms. The van der Waals surface area contributed by atoms with E-state index in [0.717, 1.165) is 36.7 Å². The van der Waals surface area contributed by atoms with Gasteiger partial charge in [-0.05, 0) is 42.7 Å². The van der Waals surface area contributed by atoms with Gasteiger partial charge in [-0.1, -0.05) is 6.07 Å². The van der Waals surface area contributed by atoms with Gasteiger partial charge in [-0.15, -0.1) is 12.3 Å². The SMILES string of the molecule is C#CCC(c1cc(F)ccc1F)c1ccc2n(c1=O)CCC2. The Hall–Kier alpha value is -2.41. The maximum Gasteiger partial charge on any atom is 0.254 e. The number of terminal acetylenes is 1. The van der Waals surface area contributed by atoms with Crippen LogP contribution in [0, 0.1) is 24.0 Å². The van der Waals surface area contributed by atoms with Crippen molar-refractivity contribution in [3.63, 3.8) is 0 Å². The Balaban J connectivity index is 2.15. The predicted molar refractivity (Wildman–Crippen MR) is 80.7 cm³/mol. The lowest BCUT2D eigenvalue weighted by atomic mass is 9.89. The van der Waals surface area contributed by atoms with Gasteiger partial charge in [0, 0.05) is 30.1 Å². The van der Waals surface area contributed by atoms with Gasteiger partial charge < -0.3 is 4.57 Å². The van der Waals surface area contributed by atoms with Crippen LogP contribution >= 0.6 is 0 Å². The summed E-state index contributed by atoms with van der Waals surface area (Å²) in [6.07, 6.45) is 7.32. The Morgan fingerprint density at radius 2 is 2.05 bits per heavy atom. The fraction of sp³-hybridized carbons (Fsp3) is 0.278. The zero-order chi connectivity index (χ0) is 15.7. The van der Waals surface area contributed by atoms with Gasteiger partial charge in [-0.2, -0.15) is 0 Å². The molecule has 1 aromatic carbocycles. The van der Waals surface area contributed by atoms with Crippen LogP contribution in [0.4, 0.5) is 8.78 Å². The minimum Gasteiger partial charge on any atom is -0.312 e. The van der Waals surface area contributed by atoms with Crippen molar-refractivity contribution in [2.45, 2.75) is 31.7 Å². The summed E-state index contributed by atoms with van der Waals surface area (Å²) in [5.74, 6) is 0.745. The number of rotatable bonds is 3. The highest BCUT2D eigenvalue weighted by atomic mass is 19.1. The van der Waals surface area contributed by atoms with E-state index >= 15 is 0 Å². The zero-order valence-electron chi connectivity index (χ0n) is 12.0. The van der Waals surface area contributed by atoms with Crippen LogP contribution in [0.2, 0.25) is 0 Å². The standard InChI is InChI=1S/C18H15F2NO/c1-2-4-14(16-11-12(19)6-9-17(16)20)15-8-7-13-5-3-10-21(13)18(15)22/h1,6-9,11,14H,3-5,10H2. The number of nitrogens with zero attached hydrogens (tertiary/aromatic N) is 1. The molecule has 3 rings (SSSR count). The Kier molecular flexibility index (Phi) is 3.81. The minimum absolute atomic E-state index is 0.133. The number of fused-ring (bicyclic) bond motifs is 1. The summed E-state index contributed by atoms with van der Waals surface area (Å²) >= 11 is 0. The molecule has 2 nitrogen and oxygen atoms in total. The number of hydrogen-bond acceptors (Lipinski definition) is 1. The number of aryl methyl sites for hydroxylation is 1. The summed E-state index contributed by atoms with van der Waals surface area (Å²) in [4.78, 5) is 12.6. The molecule has 1 unspecified atom stereocenters. The Bertz CT molecular complexity index is 817. The lowest BCUT2D eigenvalue weighted by molar-refractivity contribution is 0.573. The van der Waals surface area contributed by atoms with Crippen LogP contribution in [0.1, 0.15) is 35.6 Å². The molecule has 1 aliphatic heterocycles. The van der Waals surface area contributed by atoms with Gasteiger partial charge in [-0.25, -0.2) is 8.78 Å². The van der Waals surface area contributed by atoms with Crippen molar-refractivity contribution in [3.8, 4) is 12.3 Å². The lowest BCUT2D eigenvalue weighted by Crippen LogP contribution is -2.25. The van der Waals surface area contributed by atoms with Crippen LogP contribution < -0.4 is 5.56 Å². The van der Waals surface area contributed by atoms with Crippen LogP contribution in [0.3, 0.4) is 0 Å². The highest BCUT2D eigenvalue weighted by Crippen LogP contribution is 2.29. The van der Waals surface area contributed by atoms with Crippen LogP contribution in [0.5, 0.6) is 0 Å². The summed E-state index contributed by atoms with van der Waals surface area (Å²) in [6.45, 7) is 0.663. The number of pyridine rings is 1. The van der Waals surface area contributed by atoms with E-state index in [-0.39, 0.29) is 17.5 Å². The number of hydrogen-bond donors (Lipinski definition) is 0. The minimum atomic E-state index is -0.633. The maximum atomic E-state index is 14.1. The van der Waals surface area contributed by atoms with E-state index in [1.165, 1.54) is 0 Å². The maximum absolute atomic E-state index is 14.1. The average Bonchev–Trinajstić information content (AvgIpc) is 2.98. The second kappa shape index (κ2) is 5.76. The van der Waals surface area contributed by atoms with Crippen molar-refractivity contribution in [3.05, 3.63) is 69.1 Å². The van der Waals surface area contributed by atoms with Gasteiger partial charge >= 0.3 is 0 Å². The first kappa shape index (κ1) is 14.5. The molecule has 0 bridgehead atoms. The largest absolute Gasteiger partial charge is 0.312 e. The molecule has 2 heterocycles. The normalized spacial score (nSPS) is 14.4. The molecule has 4 heteroatoms. The Morgan fingerprint density at radius 3 is 2.82 bits per heavy atom. The number of benzene rings is 1. The van der Waals surface area contributed by atoms with Crippen molar-refractivity contribution in [2.24, 2.45) is 0 Å². The van der Waals surface area contributed by atoms with Gasteiger partial charge in [0.2, 0.25) is 0 Å². The summed E-state index contributed by atoms with van der Waals surface area (Å²) in [7, 11) is 0. The highest BCUT2D eigenvalue weighted by Gasteiger charge is 2.23. The smallest absolute Gasteiger partial charge is 0.254 e. The molecule has 1 atom stereocenters. The van der Waals surface area contributed by atoms with E-state index in [1.54, 1.807) is 10.6 Å². The molecule has 112 valence electrons. The molecule has 1 aromatic heterocycles. The molecule has 0 fully saturated rings. The summed E-state index contributed by atoms with van der Waals surface area (Å²) < 4.78 is 29.3. The van der Waals surface area contributed by atoms with Crippen molar-refractivity contribution < 1.29 is 8.78 Å². The molecule has 0 saturated heterocycles. The Morgan fingerprint density at radius 1 is 1.23 bits per heavy atom. The third kappa shape index (κ3) is 2.43. The molecule has 0 N–H and O–H groups in total. The fourth-order valence-corrected chi connectivity index (χ4v) is 3.07. The van der Waals surface area contributed by atoms with Gasteiger partial charge in [0.05, 0.1) is 0 Å². The monoisotopic (exact) mass is 299 g/mol. The van der Waals surface area contributed by atoms with Gasteiger partial charge in [0.25, 0.3) is 5.56 Å². The molecular weight excluding hydrogens is 284 g/mol. The van der Waals surface area contributed by atoms with Crippen molar-refractivity contribution in [1.82, 2.24) is 4.57 Å². The molecule has 0 amide bonds. The first-order valence-electron chi connectivity index (χ1n) is 7.23. The van der Waals surface area contributed by atoms with E-state index < -0.39 is 17.6 Å². The molecular formula is C18H15F2NO. The molecule has 0 radical (unpaired) electrons. The van der Waals surface area contributed by atoms with E-state index in [2.05, 4.69) is 5.92 Å². The van der Waals surface area contributed by atoms with Crippen LogP contribution in [0.25, 0.3) is 0 Å². The van der Waals surface area contributed by atoms with Gasteiger partial charge in [-0.3, -0.25) is 4.79 Å². The molecule has 0 saturated carbocycles. The molecule has 0 aliphatic carbocycles. The topological polar surface area (TPSA) is 22.0 Å².